The second-order valence-corrected chi connectivity index (χ2v) is 7.36. The Labute approximate surface area is 177 Å². The minimum Gasteiger partial charge on any atom is -0.382 e. The minimum atomic E-state index is -4.66. The number of benzene rings is 2. The van der Waals surface area contributed by atoms with Gasteiger partial charge in [-0.3, -0.25) is 4.79 Å². The Kier molecular flexibility index (Phi) is 6.51. The van der Waals surface area contributed by atoms with Gasteiger partial charge in [-0.25, -0.2) is 4.39 Å². The number of rotatable bonds is 4. The first-order valence-electron chi connectivity index (χ1n) is 9.58. The molecule has 1 saturated heterocycles. The molecule has 1 amide bonds. The number of aryl methyl sites for hydroxylation is 1. The van der Waals surface area contributed by atoms with Crippen molar-refractivity contribution in [2.45, 2.75) is 19.1 Å². The fourth-order valence-electron chi connectivity index (χ4n) is 3.67. The number of nitrogens with zero attached hydrogens (tertiary/aromatic N) is 3. The van der Waals surface area contributed by atoms with Crippen molar-refractivity contribution in [3.8, 4) is 6.07 Å². The smallest absolute Gasteiger partial charge is 0.382 e. The standard InChI is InChI=1S/C22H21F4N3O2/c1-14-3-4-15(9-20(14)23)21(30)28-7-8-29(18(12-28)13-31-2)17-6-5-16(11-27)19(10-17)22(24,25)26/h3-6,9-10,18H,7-8,12-13H2,1-2H3. The molecule has 0 aromatic heterocycles. The number of nitriles is 1. The van der Waals surface area contributed by atoms with Crippen LogP contribution in [0.4, 0.5) is 23.2 Å². The van der Waals surface area contributed by atoms with Gasteiger partial charge in [0.1, 0.15) is 5.82 Å². The van der Waals surface area contributed by atoms with E-state index in [1.807, 2.05) is 0 Å². The van der Waals surface area contributed by atoms with Crippen LogP contribution < -0.4 is 4.90 Å². The van der Waals surface area contributed by atoms with Crippen LogP contribution in [0, 0.1) is 24.1 Å². The number of anilines is 1. The monoisotopic (exact) mass is 435 g/mol. The molecule has 0 saturated carbocycles. The van der Waals surface area contributed by atoms with E-state index in [0.717, 1.165) is 12.1 Å². The normalized spacial score (nSPS) is 16.9. The predicted molar refractivity (Wildman–Crippen MR) is 106 cm³/mol. The van der Waals surface area contributed by atoms with E-state index in [-0.39, 0.29) is 37.7 Å². The number of alkyl halides is 3. The number of methoxy groups -OCH3 is 1. The lowest BCUT2D eigenvalue weighted by molar-refractivity contribution is -0.137. The molecule has 1 aliphatic rings. The molecule has 1 atom stereocenters. The molecule has 1 heterocycles. The van der Waals surface area contributed by atoms with Gasteiger partial charge < -0.3 is 14.5 Å². The van der Waals surface area contributed by atoms with Gasteiger partial charge >= 0.3 is 6.18 Å². The van der Waals surface area contributed by atoms with Crippen molar-refractivity contribution < 1.29 is 27.1 Å². The maximum Gasteiger partial charge on any atom is 0.417 e. The number of carbonyl (C=O) groups excluding carboxylic acids is 1. The van der Waals surface area contributed by atoms with Crippen LogP contribution in [-0.4, -0.2) is 50.2 Å². The molecule has 164 valence electrons. The third-order valence-electron chi connectivity index (χ3n) is 5.31. The maximum absolute atomic E-state index is 13.9. The molecule has 0 bridgehead atoms. The highest BCUT2D eigenvalue weighted by atomic mass is 19.4. The molecule has 1 fully saturated rings. The lowest BCUT2D eigenvalue weighted by Gasteiger charge is -2.42. The Morgan fingerprint density at radius 2 is 1.97 bits per heavy atom. The lowest BCUT2D eigenvalue weighted by Crippen LogP contribution is -2.56. The second-order valence-electron chi connectivity index (χ2n) is 7.36. The summed E-state index contributed by atoms with van der Waals surface area (Å²) in [5, 5.41) is 9.01. The van der Waals surface area contributed by atoms with Gasteiger partial charge in [0, 0.05) is 38.0 Å². The zero-order valence-corrected chi connectivity index (χ0v) is 17.0. The van der Waals surface area contributed by atoms with E-state index in [9.17, 15) is 22.4 Å². The Bertz CT molecular complexity index is 1020. The molecular weight excluding hydrogens is 414 g/mol. The van der Waals surface area contributed by atoms with Crippen molar-refractivity contribution in [1.82, 2.24) is 4.90 Å². The van der Waals surface area contributed by atoms with Gasteiger partial charge in [-0.05, 0) is 42.8 Å². The van der Waals surface area contributed by atoms with Crippen LogP contribution >= 0.6 is 0 Å². The number of carbonyl (C=O) groups is 1. The van der Waals surface area contributed by atoms with E-state index in [4.69, 9.17) is 10.00 Å². The molecule has 2 aromatic rings. The van der Waals surface area contributed by atoms with E-state index in [2.05, 4.69) is 0 Å². The Morgan fingerprint density at radius 1 is 1.23 bits per heavy atom. The lowest BCUT2D eigenvalue weighted by atomic mass is 10.0. The molecule has 1 aliphatic heterocycles. The van der Waals surface area contributed by atoms with E-state index in [1.54, 1.807) is 28.9 Å². The highest BCUT2D eigenvalue weighted by Gasteiger charge is 2.36. The van der Waals surface area contributed by atoms with Gasteiger partial charge in [-0.15, -0.1) is 0 Å². The Morgan fingerprint density at radius 3 is 2.58 bits per heavy atom. The highest BCUT2D eigenvalue weighted by molar-refractivity contribution is 5.94. The van der Waals surface area contributed by atoms with Crippen LogP contribution in [0.3, 0.4) is 0 Å². The molecule has 5 nitrogen and oxygen atoms in total. The topological polar surface area (TPSA) is 56.6 Å². The Hall–Kier alpha value is -3.12. The fraction of sp³-hybridized carbons (Fsp3) is 0.364. The van der Waals surface area contributed by atoms with Crippen molar-refractivity contribution in [2.75, 3.05) is 38.3 Å². The van der Waals surface area contributed by atoms with Crippen molar-refractivity contribution in [3.63, 3.8) is 0 Å². The summed E-state index contributed by atoms with van der Waals surface area (Å²) < 4.78 is 59.2. The zero-order valence-electron chi connectivity index (χ0n) is 17.0. The van der Waals surface area contributed by atoms with Crippen LogP contribution in [0.1, 0.15) is 27.0 Å². The van der Waals surface area contributed by atoms with Crippen molar-refractivity contribution in [2.24, 2.45) is 0 Å². The zero-order chi connectivity index (χ0) is 22.8. The summed E-state index contributed by atoms with van der Waals surface area (Å²) in [5.41, 5.74) is -0.515. The minimum absolute atomic E-state index is 0.174. The van der Waals surface area contributed by atoms with Crippen LogP contribution in [0.5, 0.6) is 0 Å². The van der Waals surface area contributed by atoms with E-state index in [1.165, 1.54) is 25.3 Å². The van der Waals surface area contributed by atoms with E-state index < -0.39 is 29.2 Å². The first-order chi connectivity index (χ1) is 14.7. The fourth-order valence-corrected chi connectivity index (χ4v) is 3.67. The molecule has 31 heavy (non-hydrogen) atoms. The van der Waals surface area contributed by atoms with Gasteiger partial charge in [-0.2, -0.15) is 18.4 Å². The van der Waals surface area contributed by atoms with Crippen molar-refractivity contribution in [3.05, 3.63) is 64.5 Å². The number of hydrogen-bond acceptors (Lipinski definition) is 4. The molecule has 0 aliphatic carbocycles. The summed E-state index contributed by atoms with van der Waals surface area (Å²) in [6.07, 6.45) is -4.66. The van der Waals surface area contributed by atoms with Gasteiger partial charge in [0.25, 0.3) is 5.91 Å². The average Bonchev–Trinajstić information content (AvgIpc) is 2.74. The average molecular weight is 435 g/mol. The van der Waals surface area contributed by atoms with Crippen LogP contribution in [0.25, 0.3) is 0 Å². The molecule has 0 radical (unpaired) electrons. The molecule has 9 heteroatoms. The van der Waals surface area contributed by atoms with Crippen LogP contribution in [0.2, 0.25) is 0 Å². The molecule has 0 N–H and O–H groups in total. The summed E-state index contributed by atoms with van der Waals surface area (Å²) >= 11 is 0. The first kappa shape index (κ1) is 22.6. The predicted octanol–water partition coefficient (Wildman–Crippen LogP) is 4.00. The summed E-state index contributed by atoms with van der Waals surface area (Å²) in [6, 6.07) is 8.99. The van der Waals surface area contributed by atoms with Crippen molar-refractivity contribution in [1.29, 1.82) is 5.26 Å². The third kappa shape index (κ3) is 4.80. The van der Waals surface area contributed by atoms with E-state index in [0.29, 0.717) is 11.3 Å². The third-order valence-corrected chi connectivity index (χ3v) is 5.31. The number of hydrogen-bond donors (Lipinski definition) is 0. The molecule has 1 unspecified atom stereocenters. The second kappa shape index (κ2) is 8.94. The molecule has 3 rings (SSSR count). The number of ether oxygens (including phenoxy) is 1. The molecule has 2 aromatic carbocycles. The first-order valence-corrected chi connectivity index (χ1v) is 9.58. The summed E-state index contributed by atoms with van der Waals surface area (Å²) in [7, 11) is 1.47. The quantitative estimate of drug-likeness (QED) is 0.682. The van der Waals surface area contributed by atoms with Gasteiger partial charge in [0.15, 0.2) is 0 Å². The van der Waals surface area contributed by atoms with Crippen LogP contribution in [0.15, 0.2) is 36.4 Å². The van der Waals surface area contributed by atoms with Crippen LogP contribution in [-0.2, 0) is 10.9 Å². The number of halogens is 4. The van der Waals surface area contributed by atoms with Gasteiger partial charge in [0.2, 0.25) is 0 Å². The molecule has 0 spiro atoms. The Balaban J connectivity index is 1.86. The van der Waals surface area contributed by atoms with E-state index >= 15 is 0 Å². The molecular formula is C22H21F4N3O2. The SMILES string of the molecule is COCC1CN(C(=O)c2ccc(C)c(F)c2)CCN1c1ccc(C#N)c(C(F)(F)F)c1. The summed E-state index contributed by atoms with van der Waals surface area (Å²) in [5.74, 6) is -0.828. The summed E-state index contributed by atoms with van der Waals surface area (Å²) in [4.78, 5) is 16.1. The summed E-state index contributed by atoms with van der Waals surface area (Å²) in [6.45, 7) is 2.48. The van der Waals surface area contributed by atoms with Gasteiger partial charge in [-0.1, -0.05) is 6.07 Å². The van der Waals surface area contributed by atoms with Gasteiger partial charge in [0.05, 0.1) is 29.8 Å². The number of piperazine rings is 1. The highest BCUT2D eigenvalue weighted by Crippen LogP contribution is 2.35. The van der Waals surface area contributed by atoms with Crippen molar-refractivity contribution >= 4 is 11.6 Å². The maximum atomic E-state index is 13.9. The number of amides is 1. The largest absolute Gasteiger partial charge is 0.417 e.